The number of rotatable bonds is 2. The zero-order valence-electron chi connectivity index (χ0n) is 8.02. The van der Waals surface area contributed by atoms with Crippen LogP contribution in [0.25, 0.3) is 0 Å². The second-order valence-electron chi connectivity index (χ2n) is 3.36. The minimum atomic E-state index is -0.168. The molecule has 1 atom stereocenters. The SMILES string of the molecule is CCCC1OCC(C)=C(C)C1=O. The van der Waals surface area contributed by atoms with Crippen LogP contribution in [0.4, 0.5) is 0 Å². The predicted octanol–water partition coefficient (Wildman–Crippen LogP) is 2.09. The second kappa shape index (κ2) is 3.85. The Labute approximate surface area is 73.6 Å². The van der Waals surface area contributed by atoms with Gasteiger partial charge in [-0.2, -0.15) is 0 Å². The molecule has 68 valence electrons. The Kier molecular flexibility index (Phi) is 3.04. The highest BCUT2D eigenvalue weighted by atomic mass is 16.5. The van der Waals surface area contributed by atoms with Crippen molar-refractivity contribution in [2.75, 3.05) is 6.61 Å². The quantitative estimate of drug-likeness (QED) is 0.631. The molecule has 1 rings (SSSR count). The summed E-state index contributed by atoms with van der Waals surface area (Å²) in [5.74, 6) is 0.181. The molecule has 0 aromatic rings. The number of carbonyl (C=O) groups excluding carboxylic acids is 1. The summed E-state index contributed by atoms with van der Waals surface area (Å²) in [6.45, 7) is 6.54. The molecule has 2 heteroatoms. The number of hydrogen-bond acceptors (Lipinski definition) is 2. The van der Waals surface area contributed by atoms with Crippen molar-refractivity contribution in [1.82, 2.24) is 0 Å². The summed E-state index contributed by atoms with van der Waals surface area (Å²) >= 11 is 0. The smallest absolute Gasteiger partial charge is 0.187 e. The lowest BCUT2D eigenvalue weighted by Gasteiger charge is -2.23. The number of hydrogen-bond donors (Lipinski definition) is 0. The Balaban J connectivity index is 2.70. The van der Waals surface area contributed by atoms with E-state index in [-0.39, 0.29) is 11.9 Å². The molecule has 0 aliphatic carbocycles. The van der Waals surface area contributed by atoms with Crippen molar-refractivity contribution in [2.45, 2.75) is 39.7 Å². The van der Waals surface area contributed by atoms with Crippen LogP contribution in [0.5, 0.6) is 0 Å². The summed E-state index contributed by atoms with van der Waals surface area (Å²) in [6, 6.07) is 0. The third-order valence-electron chi connectivity index (χ3n) is 2.35. The highest BCUT2D eigenvalue weighted by molar-refractivity contribution is 5.99. The van der Waals surface area contributed by atoms with Crippen molar-refractivity contribution in [1.29, 1.82) is 0 Å². The summed E-state index contributed by atoms with van der Waals surface area (Å²) in [6.07, 6.45) is 1.69. The molecule has 0 amide bonds. The van der Waals surface area contributed by atoms with E-state index in [2.05, 4.69) is 6.92 Å². The van der Waals surface area contributed by atoms with Crippen molar-refractivity contribution in [3.05, 3.63) is 11.1 Å². The van der Waals surface area contributed by atoms with Gasteiger partial charge < -0.3 is 4.74 Å². The fraction of sp³-hybridized carbons (Fsp3) is 0.700. The summed E-state index contributed by atoms with van der Waals surface area (Å²) in [5.41, 5.74) is 1.98. The summed E-state index contributed by atoms with van der Waals surface area (Å²) in [7, 11) is 0. The van der Waals surface area contributed by atoms with Crippen LogP contribution in [0.2, 0.25) is 0 Å². The molecule has 0 bridgehead atoms. The molecule has 0 spiro atoms. The molecule has 0 saturated heterocycles. The molecule has 1 heterocycles. The molecular formula is C10H16O2. The first kappa shape index (κ1) is 9.46. The monoisotopic (exact) mass is 168 g/mol. The maximum absolute atomic E-state index is 11.5. The fourth-order valence-electron chi connectivity index (χ4n) is 1.34. The van der Waals surface area contributed by atoms with Gasteiger partial charge in [0.25, 0.3) is 0 Å². The van der Waals surface area contributed by atoms with Gasteiger partial charge in [0, 0.05) is 0 Å². The Bertz CT molecular complexity index is 216. The lowest BCUT2D eigenvalue weighted by atomic mass is 9.98. The molecule has 1 aliphatic rings. The van der Waals surface area contributed by atoms with Crippen LogP contribution < -0.4 is 0 Å². The van der Waals surface area contributed by atoms with Crippen LogP contribution in [-0.2, 0) is 9.53 Å². The van der Waals surface area contributed by atoms with Crippen LogP contribution in [-0.4, -0.2) is 18.5 Å². The average Bonchev–Trinajstić information content (AvgIpc) is 2.07. The third-order valence-corrected chi connectivity index (χ3v) is 2.35. The molecule has 1 unspecified atom stereocenters. The normalized spacial score (nSPS) is 24.9. The van der Waals surface area contributed by atoms with E-state index in [9.17, 15) is 4.79 Å². The van der Waals surface area contributed by atoms with Gasteiger partial charge in [0.1, 0.15) is 6.10 Å². The summed E-state index contributed by atoms with van der Waals surface area (Å²) in [4.78, 5) is 11.5. The van der Waals surface area contributed by atoms with Gasteiger partial charge in [-0.05, 0) is 31.4 Å². The van der Waals surface area contributed by atoms with E-state index in [4.69, 9.17) is 4.74 Å². The van der Waals surface area contributed by atoms with Gasteiger partial charge in [0.2, 0.25) is 0 Å². The van der Waals surface area contributed by atoms with E-state index in [0.717, 1.165) is 24.0 Å². The topological polar surface area (TPSA) is 26.3 Å². The van der Waals surface area contributed by atoms with Crippen molar-refractivity contribution in [3.8, 4) is 0 Å². The lowest BCUT2D eigenvalue weighted by Crippen LogP contribution is -2.30. The number of Topliss-reactive ketones (excluding diaryl/α,β-unsaturated/α-hetero) is 1. The fourth-order valence-corrected chi connectivity index (χ4v) is 1.34. The van der Waals surface area contributed by atoms with Crippen molar-refractivity contribution in [2.24, 2.45) is 0 Å². The Morgan fingerprint density at radius 3 is 2.75 bits per heavy atom. The molecule has 12 heavy (non-hydrogen) atoms. The van der Waals surface area contributed by atoms with Gasteiger partial charge in [0.15, 0.2) is 5.78 Å². The van der Waals surface area contributed by atoms with Gasteiger partial charge in [-0.25, -0.2) is 0 Å². The minimum absolute atomic E-state index is 0.168. The Morgan fingerprint density at radius 1 is 1.50 bits per heavy atom. The molecule has 0 radical (unpaired) electrons. The van der Waals surface area contributed by atoms with Crippen molar-refractivity contribution >= 4 is 5.78 Å². The molecule has 0 aromatic carbocycles. The Hall–Kier alpha value is -0.630. The van der Waals surface area contributed by atoms with Crippen LogP contribution in [0.1, 0.15) is 33.6 Å². The molecule has 1 aliphatic heterocycles. The first-order chi connectivity index (χ1) is 5.66. The highest BCUT2D eigenvalue weighted by Crippen LogP contribution is 2.19. The van der Waals surface area contributed by atoms with Gasteiger partial charge in [-0.15, -0.1) is 0 Å². The van der Waals surface area contributed by atoms with Crippen LogP contribution in [0.15, 0.2) is 11.1 Å². The summed E-state index contributed by atoms with van der Waals surface area (Å²) in [5, 5.41) is 0. The number of ketones is 1. The maximum Gasteiger partial charge on any atom is 0.187 e. The predicted molar refractivity (Wildman–Crippen MR) is 48.0 cm³/mol. The standard InChI is InChI=1S/C10H16O2/c1-4-5-9-10(11)8(3)7(2)6-12-9/h9H,4-6H2,1-3H3. The van der Waals surface area contributed by atoms with E-state index >= 15 is 0 Å². The molecule has 0 N–H and O–H groups in total. The zero-order valence-corrected chi connectivity index (χ0v) is 8.02. The van der Waals surface area contributed by atoms with E-state index in [1.54, 1.807) is 0 Å². The van der Waals surface area contributed by atoms with E-state index in [0.29, 0.717) is 6.61 Å². The van der Waals surface area contributed by atoms with E-state index in [1.807, 2.05) is 13.8 Å². The van der Waals surface area contributed by atoms with E-state index in [1.165, 1.54) is 0 Å². The zero-order chi connectivity index (χ0) is 9.14. The minimum Gasteiger partial charge on any atom is -0.366 e. The Morgan fingerprint density at radius 2 is 2.17 bits per heavy atom. The largest absolute Gasteiger partial charge is 0.366 e. The molecule has 0 fully saturated rings. The first-order valence-corrected chi connectivity index (χ1v) is 4.49. The number of carbonyl (C=O) groups is 1. The van der Waals surface area contributed by atoms with Crippen LogP contribution >= 0.6 is 0 Å². The maximum atomic E-state index is 11.5. The van der Waals surface area contributed by atoms with Crippen LogP contribution in [0.3, 0.4) is 0 Å². The molecule has 0 aromatic heterocycles. The lowest BCUT2D eigenvalue weighted by molar-refractivity contribution is -0.128. The van der Waals surface area contributed by atoms with Gasteiger partial charge in [-0.3, -0.25) is 4.79 Å². The summed E-state index contributed by atoms with van der Waals surface area (Å²) < 4.78 is 5.41. The molecule has 2 nitrogen and oxygen atoms in total. The van der Waals surface area contributed by atoms with Crippen LogP contribution in [0, 0.1) is 0 Å². The number of ether oxygens (including phenoxy) is 1. The van der Waals surface area contributed by atoms with Gasteiger partial charge in [-0.1, -0.05) is 13.3 Å². The highest BCUT2D eigenvalue weighted by Gasteiger charge is 2.25. The molecule has 0 saturated carbocycles. The van der Waals surface area contributed by atoms with Gasteiger partial charge >= 0.3 is 0 Å². The van der Waals surface area contributed by atoms with Crippen molar-refractivity contribution < 1.29 is 9.53 Å². The van der Waals surface area contributed by atoms with Crippen molar-refractivity contribution in [3.63, 3.8) is 0 Å². The molecular weight excluding hydrogens is 152 g/mol. The van der Waals surface area contributed by atoms with E-state index < -0.39 is 0 Å². The van der Waals surface area contributed by atoms with Gasteiger partial charge in [0.05, 0.1) is 6.61 Å². The average molecular weight is 168 g/mol. The second-order valence-corrected chi connectivity index (χ2v) is 3.36. The first-order valence-electron chi connectivity index (χ1n) is 4.49. The third kappa shape index (κ3) is 1.75.